The van der Waals surface area contributed by atoms with E-state index in [1.807, 2.05) is 30.3 Å². The van der Waals surface area contributed by atoms with Crippen LogP contribution < -0.4 is 0 Å². The molecule has 1 rings (SSSR count). The summed E-state index contributed by atoms with van der Waals surface area (Å²) in [6.07, 6.45) is -1.76. The van der Waals surface area contributed by atoms with Gasteiger partial charge in [-0.15, -0.1) is 0 Å². The van der Waals surface area contributed by atoms with Crippen molar-refractivity contribution in [2.45, 2.75) is 44.2 Å². The Morgan fingerprint density at radius 1 is 0.900 bits per heavy atom. The zero-order valence-corrected chi connectivity index (χ0v) is 11.6. The Hall–Kier alpha value is -0.980. The number of hydrogen-bond donors (Lipinski definition) is 4. The van der Waals surface area contributed by atoms with E-state index in [4.69, 9.17) is 14.9 Å². The van der Waals surface area contributed by atoms with Gasteiger partial charge in [-0.1, -0.05) is 30.3 Å². The molecule has 0 heterocycles. The molecule has 5 nitrogen and oxygen atoms in total. The van der Waals surface area contributed by atoms with Crippen LogP contribution in [0, 0.1) is 0 Å². The van der Waals surface area contributed by atoms with E-state index in [1.165, 1.54) is 0 Å². The van der Waals surface area contributed by atoms with E-state index in [-0.39, 0.29) is 19.4 Å². The van der Waals surface area contributed by atoms with Crippen LogP contribution in [0.15, 0.2) is 30.3 Å². The molecule has 1 aromatic carbocycles. The molecule has 0 saturated heterocycles. The van der Waals surface area contributed by atoms with Crippen LogP contribution in [0.1, 0.15) is 24.8 Å². The highest BCUT2D eigenvalue weighted by atomic mass is 16.5. The molecule has 0 aliphatic rings. The van der Waals surface area contributed by atoms with Gasteiger partial charge in [-0.25, -0.2) is 0 Å². The van der Waals surface area contributed by atoms with Crippen molar-refractivity contribution in [3.63, 3.8) is 0 Å². The molecule has 0 unspecified atom stereocenters. The van der Waals surface area contributed by atoms with E-state index in [1.54, 1.807) is 0 Å². The smallest absolute Gasteiger partial charge is 0.0795 e. The van der Waals surface area contributed by atoms with Crippen molar-refractivity contribution < 1.29 is 25.2 Å². The second-order valence-corrected chi connectivity index (χ2v) is 4.94. The maximum atomic E-state index is 9.72. The first kappa shape index (κ1) is 17.1. The van der Waals surface area contributed by atoms with Crippen LogP contribution in [0.5, 0.6) is 0 Å². The monoisotopic (exact) mass is 284 g/mol. The van der Waals surface area contributed by atoms with Crippen molar-refractivity contribution in [3.8, 4) is 0 Å². The van der Waals surface area contributed by atoms with Gasteiger partial charge in [0.2, 0.25) is 0 Å². The summed E-state index contributed by atoms with van der Waals surface area (Å²) >= 11 is 0. The van der Waals surface area contributed by atoms with Crippen molar-refractivity contribution in [1.82, 2.24) is 0 Å². The maximum absolute atomic E-state index is 9.72. The molecule has 5 heteroatoms. The lowest BCUT2D eigenvalue weighted by Crippen LogP contribution is -2.25. The van der Waals surface area contributed by atoms with Gasteiger partial charge in [0.05, 0.1) is 31.5 Å². The first-order chi connectivity index (χ1) is 9.61. The lowest BCUT2D eigenvalue weighted by molar-refractivity contribution is 0.00807. The topological polar surface area (TPSA) is 90.2 Å². The third-order valence-electron chi connectivity index (χ3n) is 3.01. The summed E-state index contributed by atoms with van der Waals surface area (Å²) in [5.41, 5.74) is 1.08. The summed E-state index contributed by atoms with van der Waals surface area (Å²) in [5, 5.41) is 37.1. The van der Waals surface area contributed by atoms with E-state index in [0.717, 1.165) is 5.56 Å². The number of rotatable bonds is 10. The summed E-state index contributed by atoms with van der Waals surface area (Å²) in [7, 11) is 0. The molecule has 0 saturated carbocycles. The molecule has 0 radical (unpaired) electrons. The third-order valence-corrected chi connectivity index (χ3v) is 3.01. The van der Waals surface area contributed by atoms with Gasteiger partial charge in [-0.2, -0.15) is 0 Å². The average molecular weight is 284 g/mol. The summed E-state index contributed by atoms with van der Waals surface area (Å²) in [6, 6.07) is 9.76. The molecule has 0 aliphatic heterocycles. The molecule has 0 aromatic heterocycles. The van der Waals surface area contributed by atoms with Crippen molar-refractivity contribution in [2.75, 3.05) is 13.2 Å². The van der Waals surface area contributed by atoms with Crippen LogP contribution in [0.25, 0.3) is 0 Å². The van der Waals surface area contributed by atoms with Crippen LogP contribution in [-0.2, 0) is 11.3 Å². The Kier molecular flexibility index (Phi) is 8.41. The van der Waals surface area contributed by atoms with Crippen molar-refractivity contribution in [1.29, 1.82) is 0 Å². The standard InChI is InChI=1S/C15H24O5/c16-10-15(19)9-14(18)8-13(17)6-7-20-11-12-4-2-1-3-5-12/h1-5,13-19H,6-11H2/t13-,14+,15-/m0/s1. The number of ether oxygens (including phenoxy) is 1. The highest BCUT2D eigenvalue weighted by Gasteiger charge is 2.15. The summed E-state index contributed by atoms with van der Waals surface area (Å²) in [4.78, 5) is 0. The van der Waals surface area contributed by atoms with Gasteiger partial charge in [-0.05, 0) is 18.4 Å². The summed E-state index contributed by atoms with van der Waals surface area (Å²) < 4.78 is 5.44. The SMILES string of the molecule is OC[C@@H](O)C[C@H](O)C[C@@H](O)CCOCc1ccccc1. The average Bonchev–Trinajstić information content (AvgIpc) is 2.44. The van der Waals surface area contributed by atoms with E-state index in [2.05, 4.69) is 0 Å². The van der Waals surface area contributed by atoms with Crippen LogP contribution in [0.2, 0.25) is 0 Å². The van der Waals surface area contributed by atoms with E-state index >= 15 is 0 Å². The van der Waals surface area contributed by atoms with Gasteiger partial charge < -0.3 is 25.2 Å². The molecule has 0 spiro atoms. The predicted molar refractivity (Wildman–Crippen MR) is 75.1 cm³/mol. The van der Waals surface area contributed by atoms with Gasteiger partial charge in [0.25, 0.3) is 0 Å². The quantitative estimate of drug-likeness (QED) is 0.468. The van der Waals surface area contributed by atoms with E-state index < -0.39 is 18.3 Å². The first-order valence-electron chi connectivity index (χ1n) is 6.88. The zero-order chi connectivity index (χ0) is 14.8. The minimum absolute atomic E-state index is 0.0679. The second-order valence-electron chi connectivity index (χ2n) is 4.94. The summed E-state index contributed by atoms with van der Waals surface area (Å²) in [5.74, 6) is 0. The molecule has 20 heavy (non-hydrogen) atoms. The Bertz CT molecular complexity index is 343. The van der Waals surface area contributed by atoms with Crippen LogP contribution >= 0.6 is 0 Å². The molecule has 1 aromatic rings. The number of hydrogen-bond acceptors (Lipinski definition) is 5. The van der Waals surface area contributed by atoms with Gasteiger partial charge in [-0.3, -0.25) is 0 Å². The molecule has 0 fully saturated rings. The van der Waals surface area contributed by atoms with Crippen molar-refractivity contribution in [3.05, 3.63) is 35.9 Å². The van der Waals surface area contributed by atoms with E-state index in [9.17, 15) is 10.2 Å². The van der Waals surface area contributed by atoms with Crippen LogP contribution in [0.3, 0.4) is 0 Å². The van der Waals surface area contributed by atoms with Gasteiger partial charge >= 0.3 is 0 Å². The van der Waals surface area contributed by atoms with E-state index in [0.29, 0.717) is 19.6 Å². The Morgan fingerprint density at radius 2 is 1.55 bits per heavy atom. The molecule has 0 bridgehead atoms. The van der Waals surface area contributed by atoms with Gasteiger partial charge in [0.15, 0.2) is 0 Å². The molecule has 3 atom stereocenters. The van der Waals surface area contributed by atoms with Crippen molar-refractivity contribution >= 4 is 0 Å². The normalized spacial score (nSPS) is 15.8. The Labute approximate surface area is 119 Å². The molecule has 0 amide bonds. The fraction of sp³-hybridized carbons (Fsp3) is 0.600. The van der Waals surface area contributed by atoms with Crippen LogP contribution in [-0.4, -0.2) is 52.0 Å². The zero-order valence-electron chi connectivity index (χ0n) is 11.6. The second kappa shape index (κ2) is 9.85. The number of aliphatic hydroxyl groups is 4. The lowest BCUT2D eigenvalue weighted by Gasteiger charge is -2.17. The molecule has 4 N–H and O–H groups in total. The molecular weight excluding hydrogens is 260 g/mol. The van der Waals surface area contributed by atoms with Gasteiger partial charge in [0.1, 0.15) is 0 Å². The van der Waals surface area contributed by atoms with Crippen molar-refractivity contribution in [2.24, 2.45) is 0 Å². The first-order valence-corrected chi connectivity index (χ1v) is 6.88. The predicted octanol–water partition coefficient (Wildman–Crippen LogP) is 0.448. The largest absolute Gasteiger partial charge is 0.394 e. The maximum Gasteiger partial charge on any atom is 0.0795 e. The lowest BCUT2D eigenvalue weighted by atomic mass is 10.0. The summed E-state index contributed by atoms with van der Waals surface area (Å²) in [6.45, 7) is 0.526. The minimum Gasteiger partial charge on any atom is -0.394 e. The Morgan fingerprint density at radius 3 is 2.20 bits per heavy atom. The highest BCUT2D eigenvalue weighted by Crippen LogP contribution is 2.09. The highest BCUT2D eigenvalue weighted by molar-refractivity contribution is 5.13. The van der Waals surface area contributed by atoms with Gasteiger partial charge in [0, 0.05) is 13.0 Å². The number of aliphatic hydroxyl groups excluding tert-OH is 4. The fourth-order valence-corrected chi connectivity index (χ4v) is 1.90. The fourth-order valence-electron chi connectivity index (χ4n) is 1.90. The molecular formula is C15H24O5. The molecule has 0 aliphatic carbocycles. The molecule has 114 valence electrons. The minimum atomic E-state index is -0.938. The third kappa shape index (κ3) is 7.57. The number of benzene rings is 1. The Balaban J connectivity index is 2.09. The van der Waals surface area contributed by atoms with Crippen LogP contribution in [0.4, 0.5) is 0 Å².